The minimum atomic E-state index is 0.143. The molecule has 0 aliphatic heterocycles. The molecule has 2 heteroatoms. The summed E-state index contributed by atoms with van der Waals surface area (Å²) in [5.74, 6) is 0.587. The number of nitrogens with two attached hydrogens (primary N) is 1. The molecule has 16 heavy (non-hydrogen) atoms. The van der Waals surface area contributed by atoms with E-state index in [1.807, 2.05) is 12.4 Å². The Bertz CT molecular complexity index is 309. The first-order chi connectivity index (χ1) is 7.69. The Morgan fingerprint density at radius 1 is 1.31 bits per heavy atom. The number of aromatic nitrogens is 1. The maximum absolute atomic E-state index is 6.32. The van der Waals surface area contributed by atoms with Crippen LogP contribution in [0.5, 0.6) is 0 Å². The summed E-state index contributed by atoms with van der Waals surface area (Å²) in [5.41, 5.74) is 8.70. The van der Waals surface area contributed by atoms with E-state index in [4.69, 9.17) is 5.73 Å². The van der Waals surface area contributed by atoms with E-state index in [0.29, 0.717) is 5.92 Å². The fourth-order valence-corrected chi connectivity index (χ4v) is 2.14. The molecule has 0 radical (unpaired) electrons. The maximum atomic E-state index is 6.32. The summed E-state index contributed by atoms with van der Waals surface area (Å²) in [6.45, 7) is 6.52. The number of rotatable bonds is 6. The highest BCUT2D eigenvalue weighted by atomic mass is 14.7. The van der Waals surface area contributed by atoms with Crippen molar-refractivity contribution in [2.45, 2.75) is 52.5 Å². The van der Waals surface area contributed by atoms with Gasteiger partial charge in [-0.15, -0.1) is 0 Å². The van der Waals surface area contributed by atoms with Crippen molar-refractivity contribution in [3.05, 3.63) is 29.6 Å². The summed E-state index contributed by atoms with van der Waals surface area (Å²) >= 11 is 0. The first kappa shape index (κ1) is 13.2. The van der Waals surface area contributed by atoms with Crippen LogP contribution in [0.15, 0.2) is 18.5 Å². The van der Waals surface area contributed by atoms with Gasteiger partial charge < -0.3 is 5.73 Å². The van der Waals surface area contributed by atoms with Crippen molar-refractivity contribution in [2.24, 2.45) is 11.7 Å². The van der Waals surface area contributed by atoms with Crippen LogP contribution in [0.1, 0.15) is 56.7 Å². The van der Waals surface area contributed by atoms with Gasteiger partial charge in [-0.1, -0.05) is 39.2 Å². The van der Waals surface area contributed by atoms with Gasteiger partial charge in [-0.3, -0.25) is 4.98 Å². The summed E-state index contributed by atoms with van der Waals surface area (Å²) in [6.07, 6.45) is 8.67. The summed E-state index contributed by atoms with van der Waals surface area (Å²) in [6, 6.07) is 2.30. The topological polar surface area (TPSA) is 38.9 Å². The van der Waals surface area contributed by atoms with Gasteiger partial charge >= 0.3 is 0 Å². The first-order valence-corrected chi connectivity index (χ1v) is 6.36. The first-order valence-electron chi connectivity index (χ1n) is 6.36. The van der Waals surface area contributed by atoms with E-state index in [9.17, 15) is 0 Å². The van der Waals surface area contributed by atoms with Crippen LogP contribution in [0, 0.1) is 12.8 Å². The average Bonchev–Trinajstić information content (AvgIpc) is 2.29. The van der Waals surface area contributed by atoms with Crippen molar-refractivity contribution >= 4 is 0 Å². The maximum Gasteiger partial charge on any atom is 0.0338 e. The zero-order chi connectivity index (χ0) is 12.0. The number of aryl methyl sites for hydroxylation is 1. The van der Waals surface area contributed by atoms with E-state index in [0.717, 1.165) is 6.42 Å². The molecule has 1 rings (SSSR count). The number of nitrogens with zero attached hydrogens (tertiary/aromatic N) is 1. The molecule has 90 valence electrons. The van der Waals surface area contributed by atoms with Gasteiger partial charge in [0.05, 0.1) is 0 Å². The minimum absolute atomic E-state index is 0.143. The Morgan fingerprint density at radius 2 is 2.06 bits per heavy atom. The second-order valence-corrected chi connectivity index (χ2v) is 4.63. The second kappa shape index (κ2) is 6.64. The second-order valence-electron chi connectivity index (χ2n) is 4.63. The highest BCUT2D eigenvalue weighted by molar-refractivity contribution is 5.20. The number of unbranched alkanes of at least 4 members (excludes halogenated alkanes) is 1. The molecule has 1 aromatic heterocycles. The molecule has 2 N–H and O–H groups in total. The van der Waals surface area contributed by atoms with Crippen molar-refractivity contribution in [1.29, 1.82) is 0 Å². The van der Waals surface area contributed by atoms with Crippen LogP contribution in [0.4, 0.5) is 0 Å². The lowest BCUT2D eigenvalue weighted by atomic mass is 9.88. The summed E-state index contributed by atoms with van der Waals surface area (Å²) < 4.78 is 0. The molecule has 0 aromatic carbocycles. The quantitative estimate of drug-likeness (QED) is 0.795. The molecule has 2 unspecified atom stereocenters. The van der Waals surface area contributed by atoms with Crippen molar-refractivity contribution in [3.8, 4) is 0 Å². The van der Waals surface area contributed by atoms with E-state index in [1.54, 1.807) is 0 Å². The Morgan fingerprint density at radius 3 is 2.62 bits per heavy atom. The Kier molecular flexibility index (Phi) is 5.47. The number of pyridine rings is 1. The minimum Gasteiger partial charge on any atom is -0.324 e. The summed E-state index contributed by atoms with van der Waals surface area (Å²) in [7, 11) is 0. The van der Waals surface area contributed by atoms with Crippen LogP contribution < -0.4 is 5.73 Å². The van der Waals surface area contributed by atoms with Crippen LogP contribution in [0.25, 0.3) is 0 Å². The molecule has 1 aromatic rings. The fraction of sp³-hybridized carbons (Fsp3) is 0.643. The largest absolute Gasteiger partial charge is 0.324 e. The molecule has 1 heterocycles. The molecule has 0 saturated heterocycles. The molecule has 0 aliphatic rings. The van der Waals surface area contributed by atoms with E-state index in [1.165, 1.54) is 30.4 Å². The third-order valence-corrected chi connectivity index (χ3v) is 3.24. The van der Waals surface area contributed by atoms with Crippen LogP contribution in [-0.2, 0) is 0 Å². The lowest BCUT2D eigenvalue weighted by Crippen LogP contribution is -2.21. The molecular formula is C14H24N2. The van der Waals surface area contributed by atoms with Gasteiger partial charge in [0.1, 0.15) is 0 Å². The normalized spacial score (nSPS) is 14.8. The van der Waals surface area contributed by atoms with Crippen molar-refractivity contribution < 1.29 is 0 Å². The third kappa shape index (κ3) is 3.60. The summed E-state index contributed by atoms with van der Waals surface area (Å²) in [4.78, 5) is 4.22. The predicted octanol–water partition coefficient (Wildman–Crippen LogP) is 3.61. The van der Waals surface area contributed by atoms with Gasteiger partial charge in [-0.2, -0.15) is 0 Å². The zero-order valence-electron chi connectivity index (χ0n) is 10.7. The van der Waals surface area contributed by atoms with Crippen LogP contribution in [0.3, 0.4) is 0 Å². The highest BCUT2D eigenvalue weighted by Gasteiger charge is 2.17. The van der Waals surface area contributed by atoms with Gasteiger partial charge in [0.25, 0.3) is 0 Å². The lowest BCUT2D eigenvalue weighted by molar-refractivity contribution is 0.377. The van der Waals surface area contributed by atoms with Gasteiger partial charge in [0.15, 0.2) is 0 Å². The predicted molar refractivity (Wildman–Crippen MR) is 69.2 cm³/mol. The van der Waals surface area contributed by atoms with Crippen molar-refractivity contribution in [2.75, 3.05) is 0 Å². The Labute approximate surface area is 99.3 Å². The Hall–Kier alpha value is -0.890. The van der Waals surface area contributed by atoms with Gasteiger partial charge in [-0.25, -0.2) is 0 Å². The SMILES string of the molecule is CCCCC(CC)C(N)c1cncc(C)c1. The summed E-state index contributed by atoms with van der Waals surface area (Å²) in [5, 5.41) is 0. The van der Waals surface area contributed by atoms with Crippen LogP contribution in [-0.4, -0.2) is 4.98 Å². The number of hydrogen-bond donors (Lipinski definition) is 1. The van der Waals surface area contributed by atoms with Gasteiger partial charge in [0.2, 0.25) is 0 Å². The van der Waals surface area contributed by atoms with Crippen molar-refractivity contribution in [1.82, 2.24) is 4.98 Å². The molecule has 2 nitrogen and oxygen atoms in total. The standard InChI is InChI=1S/C14H24N2/c1-4-6-7-12(5-2)14(15)13-8-11(3)9-16-10-13/h8-10,12,14H,4-7,15H2,1-3H3. The Balaban J connectivity index is 2.70. The van der Waals surface area contributed by atoms with Crippen molar-refractivity contribution in [3.63, 3.8) is 0 Å². The van der Waals surface area contributed by atoms with Crippen LogP contribution >= 0.6 is 0 Å². The molecule has 0 saturated carbocycles. The van der Waals surface area contributed by atoms with E-state index in [-0.39, 0.29) is 6.04 Å². The molecule has 0 aliphatic carbocycles. The van der Waals surface area contributed by atoms with E-state index in [2.05, 4.69) is 31.8 Å². The fourth-order valence-electron chi connectivity index (χ4n) is 2.14. The highest BCUT2D eigenvalue weighted by Crippen LogP contribution is 2.26. The third-order valence-electron chi connectivity index (χ3n) is 3.24. The zero-order valence-corrected chi connectivity index (χ0v) is 10.7. The lowest BCUT2D eigenvalue weighted by Gasteiger charge is -2.22. The molecular weight excluding hydrogens is 196 g/mol. The molecule has 0 amide bonds. The monoisotopic (exact) mass is 220 g/mol. The number of hydrogen-bond acceptors (Lipinski definition) is 2. The van der Waals surface area contributed by atoms with Gasteiger partial charge in [0, 0.05) is 18.4 Å². The van der Waals surface area contributed by atoms with Crippen LogP contribution in [0.2, 0.25) is 0 Å². The molecule has 0 spiro atoms. The average molecular weight is 220 g/mol. The van der Waals surface area contributed by atoms with E-state index >= 15 is 0 Å². The molecule has 2 atom stereocenters. The molecule has 0 fully saturated rings. The smallest absolute Gasteiger partial charge is 0.0338 e. The molecule has 0 bridgehead atoms. The van der Waals surface area contributed by atoms with Gasteiger partial charge in [-0.05, 0) is 30.4 Å². The van der Waals surface area contributed by atoms with E-state index < -0.39 is 0 Å².